The molecule has 0 saturated carbocycles. The Balaban J connectivity index is 2.14. The molecule has 2 N–H and O–H groups in total. The van der Waals surface area contributed by atoms with E-state index in [1.165, 1.54) is 0 Å². The van der Waals surface area contributed by atoms with Gasteiger partial charge in [0.25, 0.3) is 0 Å². The fourth-order valence-electron chi connectivity index (χ4n) is 1.34. The Morgan fingerprint density at radius 2 is 2.29 bits per heavy atom. The first kappa shape index (κ1) is 13.1. The summed E-state index contributed by atoms with van der Waals surface area (Å²) >= 11 is 0. The van der Waals surface area contributed by atoms with Gasteiger partial charge in [0.1, 0.15) is 6.07 Å². The van der Waals surface area contributed by atoms with Crippen LogP contribution < -0.4 is 5.32 Å². The Labute approximate surface area is 100 Å². The van der Waals surface area contributed by atoms with E-state index >= 15 is 0 Å². The second-order valence-corrected chi connectivity index (χ2v) is 3.65. The third kappa shape index (κ3) is 5.64. The minimum Gasteiger partial charge on any atom is -0.481 e. The molecule has 1 heterocycles. The van der Waals surface area contributed by atoms with Gasteiger partial charge in [-0.15, -0.1) is 0 Å². The van der Waals surface area contributed by atoms with Gasteiger partial charge in [0.2, 0.25) is 0 Å². The minimum atomic E-state index is -0.763. The summed E-state index contributed by atoms with van der Waals surface area (Å²) < 4.78 is 0. The van der Waals surface area contributed by atoms with E-state index in [1.54, 1.807) is 12.3 Å². The van der Waals surface area contributed by atoms with E-state index in [4.69, 9.17) is 10.4 Å². The summed E-state index contributed by atoms with van der Waals surface area (Å²) in [5.41, 5.74) is 1.48. The molecular formula is C12H15N3O2. The molecule has 0 fully saturated rings. The van der Waals surface area contributed by atoms with Crippen molar-refractivity contribution in [3.63, 3.8) is 0 Å². The zero-order valence-electron chi connectivity index (χ0n) is 9.52. The van der Waals surface area contributed by atoms with E-state index in [1.807, 2.05) is 12.1 Å². The maximum atomic E-state index is 10.2. The molecule has 5 heteroatoms. The first-order valence-electron chi connectivity index (χ1n) is 5.50. The summed E-state index contributed by atoms with van der Waals surface area (Å²) in [5.74, 6) is -0.763. The van der Waals surface area contributed by atoms with Crippen molar-refractivity contribution in [3.8, 4) is 6.07 Å². The van der Waals surface area contributed by atoms with Crippen LogP contribution in [0.25, 0.3) is 0 Å². The third-order valence-electron chi connectivity index (χ3n) is 2.26. The van der Waals surface area contributed by atoms with Crippen LogP contribution in [-0.2, 0) is 11.2 Å². The SMILES string of the molecule is N#Cc1ccc(CCNCCCC(=O)O)nc1. The summed E-state index contributed by atoms with van der Waals surface area (Å²) in [6.07, 6.45) is 3.16. The standard InChI is InChI=1S/C12H15N3O2/c13-8-10-3-4-11(15-9-10)5-7-14-6-1-2-12(16)17/h3-4,9,14H,1-2,5-7H2,(H,16,17). The van der Waals surface area contributed by atoms with Crippen LogP contribution in [0.5, 0.6) is 0 Å². The lowest BCUT2D eigenvalue weighted by Crippen LogP contribution is -2.19. The lowest BCUT2D eigenvalue weighted by molar-refractivity contribution is -0.137. The van der Waals surface area contributed by atoms with Gasteiger partial charge in [0.15, 0.2) is 0 Å². The van der Waals surface area contributed by atoms with Crippen molar-refractivity contribution in [3.05, 3.63) is 29.6 Å². The van der Waals surface area contributed by atoms with Crippen molar-refractivity contribution in [2.24, 2.45) is 0 Å². The summed E-state index contributed by atoms with van der Waals surface area (Å²) in [4.78, 5) is 14.4. The van der Waals surface area contributed by atoms with Gasteiger partial charge >= 0.3 is 5.97 Å². The van der Waals surface area contributed by atoms with Crippen LogP contribution in [-0.4, -0.2) is 29.1 Å². The highest BCUT2D eigenvalue weighted by Crippen LogP contribution is 1.99. The Bertz CT molecular complexity index is 395. The average molecular weight is 233 g/mol. The molecule has 0 radical (unpaired) electrons. The van der Waals surface area contributed by atoms with E-state index in [9.17, 15) is 4.79 Å². The molecule has 90 valence electrons. The molecule has 0 aliphatic rings. The predicted molar refractivity (Wildman–Crippen MR) is 62.4 cm³/mol. The molecule has 1 aromatic rings. The summed E-state index contributed by atoms with van der Waals surface area (Å²) in [6.45, 7) is 1.46. The van der Waals surface area contributed by atoms with E-state index < -0.39 is 5.97 Å². The topological polar surface area (TPSA) is 86.0 Å². The number of nitrogens with one attached hydrogen (secondary N) is 1. The van der Waals surface area contributed by atoms with Crippen LogP contribution in [0.4, 0.5) is 0 Å². The zero-order chi connectivity index (χ0) is 12.5. The lowest BCUT2D eigenvalue weighted by Gasteiger charge is -2.03. The molecule has 0 aliphatic heterocycles. The number of carboxylic acids is 1. The maximum Gasteiger partial charge on any atom is 0.303 e. The molecule has 0 bridgehead atoms. The minimum absolute atomic E-state index is 0.197. The maximum absolute atomic E-state index is 10.2. The molecule has 1 aromatic heterocycles. The number of carbonyl (C=O) groups is 1. The molecule has 0 unspecified atom stereocenters. The average Bonchev–Trinajstić information content (AvgIpc) is 2.34. The van der Waals surface area contributed by atoms with Crippen LogP contribution >= 0.6 is 0 Å². The van der Waals surface area contributed by atoms with Crippen molar-refractivity contribution >= 4 is 5.97 Å². The highest BCUT2D eigenvalue weighted by atomic mass is 16.4. The van der Waals surface area contributed by atoms with Gasteiger partial charge in [0, 0.05) is 31.3 Å². The zero-order valence-corrected chi connectivity index (χ0v) is 9.52. The summed E-state index contributed by atoms with van der Waals surface area (Å²) in [7, 11) is 0. The summed E-state index contributed by atoms with van der Waals surface area (Å²) in [5, 5.41) is 20.2. The predicted octanol–water partition coefficient (Wildman–Crippen LogP) is 0.950. The van der Waals surface area contributed by atoms with Gasteiger partial charge < -0.3 is 10.4 Å². The van der Waals surface area contributed by atoms with Crippen molar-refractivity contribution in [2.75, 3.05) is 13.1 Å². The number of aliphatic carboxylic acids is 1. The van der Waals surface area contributed by atoms with Crippen LogP contribution in [0.1, 0.15) is 24.1 Å². The molecule has 0 atom stereocenters. The molecular weight excluding hydrogens is 218 g/mol. The van der Waals surface area contributed by atoms with Crippen LogP contribution in [0.15, 0.2) is 18.3 Å². The van der Waals surface area contributed by atoms with Crippen LogP contribution in [0.2, 0.25) is 0 Å². The number of pyridine rings is 1. The highest BCUT2D eigenvalue weighted by Gasteiger charge is 1.97. The smallest absolute Gasteiger partial charge is 0.303 e. The van der Waals surface area contributed by atoms with Gasteiger partial charge in [-0.1, -0.05) is 0 Å². The number of aromatic nitrogens is 1. The second-order valence-electron chi connectivity index (χ2n) is 3.65. The van der Waals surface area contributed by atoms with Gasteiger partial charge in [-0.25, -0.2) is 0 Å². The van der Waals surface area contributed by atoms with Gasteiger partial charge in [-0.2, -0.15) is 5.26 Å². The first-order valence-corrected chi connectivity index (χ1v) is 5.50. The molecule has 17 heavy (non-hydrogen) atoms. The second kappa shape index (κ2) is 7.36. The Morgan fingerprint density at radius 3 is 2.88 bits per heavy atom. The van der Waals surface area contributed by atoms with Crippen LogP contribution in [0.3, 0.4) is 0 Å². The third-order valence-corrected chi connectivity index (χ3v) is 2.26. The monoisotopic (exact) mass is 233 g/mol. The van der Waals surface area contributed by atoms with Crippen molar-refractivity contribution in [1.82, 2.24) is 10.3 Å². The molecule has 0 aliphatic carbocycles. The molecule has 1 rings (SSSR count). The Kier molecular flexibility index (Phi) is 5.69. The van der Waals surface area contributed by atoms with Crippen LogP contribution in [0, 0.1) is 11.3 Å². The molecule has 0 amide bonds. The van der Waals surface area contributed by atoms with E-state index in [0.717, 1.165) is 18.7 Å². The van der Waals surface area contributed by atoms with Gasteiger partial charge in [0.05, 0.1) is 5.56 Å². The van der Waals surface area contributed by atoms with Crippen molar-refractivity contribution in [1.29, 1.82) is 5.26 Å². The van der Waals surface area contributed by atoms with E-state index in [2.05, 4.69) is 10.3 Å². The van der Waals surface area contributed by atoms with Gasteiger partial charge in [-0.05, 0) is 25.1 Å². The van der Waals surface area contributed by atoms with Crippen molar-refractivity contribution in [2.45, 2.75) is 19.3 Å². The normalized spacial score (nSPS) is 9.82. The largest absolute Gasteiger partial charge is 0.481 e. The number of nitriles is 1. The molecule has 0 aromatic carbocycles. The number of carboxylic acid groups (broad SMARTS) is 1. The number of hydrogen-bond acceptors (Lipinski definition) is 4. The van der Waals surface area contributed by atoms with E-state index in [-0.39, 0.29) is 6.42 Å². The van der Waals surface area contributed by atoms with Gasteiger partial charge in [-0.3, -0.25) is 9.78 Å². The Hall–Kier alpha value is -1.93. The first-order chi connectivity index (χ1) is 8.22. The lowest BCUT2D eigenvalue weighted by atomic mass is 10.2. The Morgan fingerprint density at radius 1 is 1.47 bits per heavy atom. The quantitative estimate of drug-likeness (QED) is 0.685. The summed E-state index contributed by atoms with van der Waals surface area (Å²) in [6, 6.07) is 5.59. The van der Waals surface area contributed by atoms with E-state index in [0.29, 0.717) is 18.5 Å². The molecule has 5 nitrogen and oxygen atoms in total. The van der Waals surface area contributed by atoms with Crippen molar-refractivity contribution < 1.29 is 9.90 Å². The number of hydrogen-bond donors (Lipinski definition) is 2. The highest BCUT2D eigenvalue weighted by molar-refractivity contribution is 5.66. The molecule has 0 spiro atoms. The number of rotatable bonds is 7. The molecule has 0 saturated heterocycles. The fourth-order valence-corrected chi connectivity index (χ4v) is 1.34. The number of nitrogens with zero attached hydrogens (tertiary/aromatic N) is 2. The fraction of sp³-hybridized carbons (Fsp3) is 0.417.